The highest BCUT2D eigenvalue weighted by molar-refractivity contribution is 5.92. The van der Waals surface area contributed by atoms with Crippen molar-refractivity contribution in [1.82, 2.24) is 4.90 Å². The van der Waals surface area contributed by atoms with Crippen LogP contribution < -0.4 is 4.74 Å². The molecule has 1 saturated heterocycles. The summed E-state index contributed by atoms with van der Waals surface area (Å²) in [7, 11) is 3.51. The van der Waals surface area contributed by atoms with E-state index in [-0.39, 0.29) is 5.97 Å². The fourth-order valence-corrected chi connectivity index (χ4v) is 2.41. The molecule has 0 aliphatic carbocycles. The topological polar surface area (TPSA) is 38.8 Å². The molecule has 2 rings (SSSR count). The summed E-state index contributed by atoms with van der Waals surface area (Å²) in [5.74, 6) is 0.251. The molecule has 1 aromatic carbocycles. The highest BCUT2D eigenvalue weighted by Crippen LogP contribution is 2.21. The molecular weight excluding hydrogens is 242 g/mol. The molecule has 0 N–H and O–H groups in total. The molecule has 1 aliphatic heterocycles. The first-order valence-corrected chi connectivity index (χ1v) is 6.72. The van der Waals surface area contributed by atoms with Gasteiger partial charge in [-0.1, -0.05) is 18.6 Å². The first-order chi connectivity index (χ1) is 9.22. The number of hydrogen-bond donors (Lipinski definition) is 0. The van der Waals surface area contributed by atoms with Gasteiger partial charge in [-0.3, -0.25) is 0 Å². The van der Waals surface area contributed by atoms with E-state index in [2.05, 4.69) is 11.9 Å². The minimum absolute atomic E-state index is 0.354. The van der Waals surface area contributed by atoms with Crippen molar-refractivity contribution in [3.05, 3.63) is 29.8 Å². The van der Waals surface area contributed by atoms with Crippen LogP contribution in [0.5, 0.6) is 5.75 Å². The van der Waals surface area contributed by atoms with Gasteiger partial charge in [0, 0.05) is 6.04 Å². The smallest absolute Gasteiger partial charge is 0.341 e. The van der Waals surface area contributed by atoms with Gasteiger partial charge in [0.15, 0.2) is 0 Å². The second-order valence-electron chi connectivity index (χ2n) is 4.93. The van der Waals surface area contributed by atoms with Gasteiger partial charge in [-0.25, -0.2) is 4.79 Å². The normalized spacial score (nSPS) is 20.0. The number of esters is 1. The predicted octanol–water partition coefficient (Wildman–Crippen LogP) is 2.34. The Morgan fingerprint density at radius 2 is 2.16 bits per heavy atom. The number of para-hydroxylation sites is 1. The summed E-state index contributed by atoms with van der Waals surface area (Å²) in [6.07, 6.45) is 3.65. The molecule has 1 aromatic rings. The van der Waals surface area contributed by atoms with E-state index in [0.717, 1.165) is 13.0 Å². The number of benzene rings is 1. The molecule has 1 fully saturated rings. The number of rotatable bonds is 4. The maximum Gasteiger partial charge on any atom is 0.341 e. The van der Waals surface area contributed by atoms with Gasteiger partial charge in [-0.2, -0.15) is 0 Å². The lowest BCUT2D eigenvalue weighted by Gasteiger charge is -2.32. The van der Waals surface area contributed by atoms with Crippen LogP contribution in [-0.2, 0) is 4.74 Å². The molecule has 1 unspecified atom stereocenters. The average Bonchev–Trinajstić information content (AvgIpc) is 2.46. The van der Waals surface area contributed by atoms with Crippen LogP contribution in [0.4, 0.5) is 0 Å². The quantitative estimate of drug-likeness (QED) is 0.782. The monoisotopic (exact) mass is 263 g/mol. The van der Waals surface area contributed by atoms with Crippen LogP contribution in [-0.4, -0.2) is 44.2 Å². The van der Waals surface area contributed by atoms with Gasteiger partial charge in [0.25, 0.3) is 0 Å². The third kappa shape index (κ3) is 3.47. The van der Waals surface area contributed by atoms with E-state index in [9.17, 15) is 4.79 Å². The van der Waals surface area contributed by atoms with E-state index in [4.69, 9.17) is 9.47 Å². The van der Waals surface area contributed by atoms with Crippen molar-refractivity contribution in [3.63, 3.8) is 0 Å². The SMILES string of the molecule is COC(=O)c1ccccc1OCC1CCCCN1C. The van der Waals surface area contributed by atoms with E-state index in [1.165, 1.54) is 20.0 Å². The molecule has 0 amide bonds. The number of nitrogens with zero attached hydrogens (tertiary/aromatic N) is 1. The van der Waals surface area contributed by atoms with Gasteiger partial charge >= 0.3 is 5.97 Å². The van der Waals surface area contributed by atoms with Crippen molar-refractivity contribution in [2.24, 2.45) is 0 Å². The Hall–Kier alpha value is -1.55. The van der Waals surface area contributed by atoms with Gasteiger partial charge in [0.2, 0.25) is 0 Å². The molecule has 4 heteroatoms. The zero-order chi connectivity index (χ0) is 13.7. The number of methoxy groups -OCH3 is 1. The van der Waals surface area contributed by atoms with Crippen LogP contribution in [0.1, 0.15) is 29.6 Å². The summed E-state index contributed by atoms with van der Waals surface area (Å²) in [6.45, 7) is 1.73. The fraction of sp³-hybridized carbons (Fsp3) is 0.533. The van der Waals surface area contributed by atoms with Crippen molar-refractivity contribution in [2.75, 3.05) is 27.3 Å². The lowest BCUT2D eigenvalue weighted by molar-refractivity contribution is 0.0592. The maximum atomic E-state index is 11.6. The Morgan fingerprint density at radius 3 is 2.89 bits per heavy atom. The molecule has 4 nitrogen and oxygen atoms in total. The molecule has 19 heavy (non-hydrogen) atoms. The summed E-state index contributed by atoms with van der Waals surface area (Å²) in [5.41, 5.74) is 0.489. The van der Waals surface area contributed by atoms with Gasteiger partial charge in [0.1, 0.15) is 17.9 Å². The van der Waals surface area contributed by atoms with Crippen molar-refractivity contribution in [1.29, 1.82) is 0 Å². The van der Waals surface area contributed by atoms with Crippen LogP contribution in [0.15, 0.2) is 24.3 Å². The molecule has 0 bridgehead atoms. The molecule has 0 saturated carbocycles. The maximum absolute atomic E-state index is 11.6. The minimum atomic E-state index is -0.354. The lowest BCUT2D eigenvalue weighted by atomic mass is 10.0. The third-order valence-electron chi connectivity index (χ3n) is 3.65. The number of hydrogen-bond acceptors (Lipinski definition) is 4. The van der Waals surface area contributed by atoms with E-state index >= 15 is 0 Å². The summed E-state index contributed by atoms with van der Waals surface area (Å²) in [6, 6.07) is 7.65. The Kier molecular flexibility index (Phi) is 4.80. The minimum Gasteiger partial charge on any atom is -0.491 e. The first kappa shape index (κ1) is 13.9. The standard InChI is InChI=1S/C15H21NO3/c1-16-10-6-5-7-12(16)11-19-14-9-4-3-8-13(14)15(17)18-2/h3-4,8-9,12H,5-7,10-11H2,1-2H3. The number of likely N-dealkylation sites (tertiary alicyclic amines) is 1. The van der Waals surface area contributed by atoms with Gasteiger partial charge < -0.3 is 14.4 Å². The van der Waals surface area contributed by atoms with E-state index in [0.29, 0.717) is 24.0 Å². The van der Waals surface area contributed by atoms with Gasteiger partial charge in [0.05, 0.1) is 7.11 Å². The van der Waals surface area contributed by atoms with Gasteiger partial charge in [-0.15, -0.1) is 0 Å². The van der Waals surface area contributed by atoms with E-state index in [1.807, 2.05) is 18.2 Å². The van der Waals surface area contributed by atoms with Crippen LogP contribution in [0.3, 0.4) is 0 Å². The predicted molar refractivity (Wildman–Crippen MR) is 73.5 cm³/mol. The number of likely N-dealkylation sites (N-methyl/N-ethyl adjacent to an activating group) is 1. The first-order valence-electron chi connectivity index (χ1n) is 6.72. The Bertz CT molecular complexity index is 433. The van der Waals surface area contributed by atoms with E-state index < -0.39 is 0 Å². The van der Waals surface area contributed by atoms with Crippen molar-refractivity contribution in [2.45, 2.75) is 25.3 Å². The second-order valence-corrected chi connectivity index (χ2v) is 4.93. The molecular formula is C15H21NO3. The second kappa shape index (κ2) is 6.57. The number of carbonyl (C=O) groups is 1. The molecule has 104 valence electrons. The molecule has 0 aromatic heterocycles. The van der Waals surface area contributed by atoms with Crippen molar-refractivity contribution < 1.29 is 14.3 Å². The summed E-state index contributed by atoms with van der Waals surface area (Å²) < 4.78 is 10.6. The molecule has 0 radical (unpaired) electrons. The van der Waals surface area contributed by atoms with Crippen LogP contribution >= 0.6 is 0 Å². The number of piperidine rings is 1. The third-order valence-corrected chi connectivity index (χ3v) is 3.65. The van der Waals surface area contributed by atoms with Gasteiger partial charge in [-0.05, 0) is 38.6 Å². The fourth-order valence-electron chi connectivity index (χ4n) is 2.41. The van der Waals surface area contributed by atoms with Crippen molar-refractivity contribution in [3.8, 4) is 5.75 Å². The molecule has 1 atom stereocenters. The molecule has 1 aliphatic rings. The Balaban J connectivity index is 2.01. The molecule has 1 heterocycles. The number of carbonyl (C=O) groups excluding carboxylic acids is 1. The van der Waals surface area contributed by atoms with Crippen molar-refractivity contribution >= 4 is 5.97 Å². The molecule has 0 spiro atoms. The largest absolute Gasteiger partial charge is 0.491 e. The lowest BCUT2D eigenvalue weighted by Crippen LogP contribution is -2.40. The van der Waals surface area contributed by atoms with Crippen LogP contribution in [0, 0.1) is 0 Å². The van der Waals surface area contributed by atoms with Crippen LogP contribution in [0.25, 0.3) is 0 Å². The summed E-state index contributed by atoms with van der Waals surface area (Å²) >= 11 is 0. The average molecular weight is 263 g/mol. The highest BCUT2D eigenvalue weighted by Gasteiger charge is 2.20. The Labute approximate surface area is 114 Å². The summed E-state index contributed by atoms with van der Waals surface area (Å²) in [4.78, 5) is 14.0. The zero-order valence-electron chi connectivity index (χ0n) is 11.6. The van der Waals surface area contributed by atoms with Crippen LogP contribution in [0.2, 0.25) is 0 Å². The Morgan fingerprint density at radius 1 is 1.37 bits per heavy atom. The van der Waals surface area contributed by atoms with E-state index in [1.54, 1.807) is 6.07 Å². The highest BCUT2D eigenvalue weighted by atomic mass is 16.5. The zero-order valence-corrected chi connectivity index (χ0v) is 11.6. The summed E-state index contributed by atoms with van der Waals surface area (Å²) in [5, 5.41) is 0. The number of ether oxygens (including phenoxy) is 2.